The summed E-state index contributed by atoms with van der Waals surface area (Å²) >= 11 is 0. The van der Waals surface area contributed by atoms with E-state index in [-0.39, 0.29) is 29.9 Å². The topological polar surface area (TPSA) is 75.7 Å². The van der Waals surface area contributed by atoms with Crippen molar-refractivity contribution in [3.63, 3.8) is 0 Å². The van der Waals surface area contributed by atoms with Crippen molar-refractivity contribution in [3.8, 4) is 0 Å². The van der Waals surface area contributed by atoms with Crippen molar-refractivity contribution in [3.05, 3.63) is 0 Å². The second-order valence-electron chi connectivity index (χ2n) is 3.54. The maximum atomic E-state index is 11.4. The molecule has 6 nitrogen and oxygen atoms in total. The first-order valence-electron chi connectivity index (χ1n) is 4.69. The van der Waals surface area contributed by atoms with Crippen LogP contribution in [0.2, 0.25) is 0 Å². The zero-order valence-electron chi connectivity index (χ0n) is 8.89. The minimum atomic E-state index is -2.98. The van der Waals surface area contributed by atoms with Gasteiger partial charge in [-0.05, 0) is 0 Å². The molecule has 7 heteroatoms. The quantitative estimate of drug-likeness (QED) is 0.622. The molecular formula is C8H16N2O4S. The molecule has 0 radical (unpaired) electrons. The SMILES string of the molecule is CON(C)C(=O)CC1CS(=O)(=O)CCN1. The first-order chi connectivity index (χ1) is 6.94. The Bertz CT molecular complexity index is 328. The maximum absolute atomic E-state index is 11.4. The van der Waals surface area contributed by atoms with Gasteiger partial charge in [-0.25, -0.2) is 13.5 Å². The van der Waals surface area contributed by atoms with Crippen LogP contribution in [0.5, 0.6) is 0 Å². The van der Waals surface area contributed by atoms with Crippen LogP contribution in [-0.4, -0.2) is 57.6 Å². The number of nitrogens with one attached hydrogen (secondary N) is 1. The van der Waals surface area contributed by atoms with Crippen LogP contribution < -0.4 is 5.32 Å². The van der Waals surface area contributed by atoms with E-state index in [0.29, 0.717) is 6.54 Å². The van der Waals surface area contributed by atoms with Crippen LogP contribution in [0.3, 0.4) is 0 Å². The molecule has 1 fully saturated rings. The lowest BCUT2D eigenvalue weighted by molar-refractivity contribution is -0.169. The van der Waals surface area contributed by atoms with Gasteiger partial charge in [-0.3, -0.25) is 9.63 Å². The van der Waals surface area contributed by atoms with E-state index in [2.05, 4.69) is 5.32 Å². The number of hydrogen-bond acceptors (Lipinski definition) is 5. The molecule has 0 bridgehead atoms. The Morgan fingerprint density at radius 3 is 2.80 bits per heavy atom. The van der Waals surface area contributed by atoms with E-state index < -0.39 is 9.84 Å². The number of amides is 1. The van der Waals surface area contributed by atoms with Crippen molar-refractivity contribution < 1.29 is 18.0 Å². The summed E-state index contributed by atoms with van der Waals surface area (Å²) in [6.07, 6.45) is 0.142. The van der Waals surface area contributed by atoms with Crippen molar-refractivity contribution in [2.45, 2.75) is 12.5 Å². The summed E-state index contributed by atoms with van der Waals surface area (Å²) in [4.78, 5) is 16.1. The molecule has 0 aromatic rings. The molecule has 1 aliphatic heterocycles. The second-order valence-corrected chi connectivity index (χ2v) is 5.77. The monoisotopic (exact) mass is 236 g/mol. The fraction of sp³-hybridized carbons (Fsp3) is 0.875. The van der Waals surface area contributed by atoms with Crippen molar-refractivity contribution in [2.75, 3.05) is 32.2 Å². The predicted octanol–water partition coefficient (Wildman–Crippen LogP) is -1.22. The molecule has 1 unspecified atom stereocenters. The average molecular weight is 236 g/mol. The van der Waals surface area contributed by atoms with Gasteiger partial charge in [0, 0.05) is 26.1 Å². The highest BCUT2D eigenvalue weighted by atomic mass is 32.2. The Morgan fingerprint density at radius 2 is 2.27 bits per heavy atom. The Morgan fingerprint density at radius 1 is 1.60 bits per heavy atom. The third-order valence-corrected chi connectivity index (χ3v) is 4.08. The summed E-state index contributed by atoms with van der Waals surface area (Å²) in [5, 5.41) is 4.10. The van der Waals surface area contributed by atoms with Crippen LogP contribution in [0.1, 0.15) is 6.42 Å². The zero-order valence-corrected chi connectivity index (χ0v) is 9.71. The van der Waals surface area contributed by atoms with Crippen LogP contribution in [0.4, 0.5) is 0 Å². The van der Waals surface area contributed by atoms with Gasteiger partial charge in [-0.15, -0.1) is 0 Å². The van der Waals surface area contributed by atoms with Gasteiger partial charge in [0.25, 0.3) is 0 Å². The molecule has 0 aromatic heterocycles. The molecule has 1 atom stereocenters. The number of rotatable bonds is 3. The van der Waals surface area contributed by atoms with Gasteiger partial charge < -0.3 is 5.32 Å². The van der Waals surface area contributed by atoms with Crippen LogP contribution >= 0.6 is 0 Å². The lowest BCUT2D eigenvalue weighted by Gasteiger charge is -2.24. The Labute approximate surface area is 89.5 Å². The normalized spacial score (nSPS) is 24.8. The minimum absolute atomic E-state index is 0.0241. The summed E-state index contributed by atoms with van der Waals surface area (Å²) in [5.41, 5.74) is 0. The fourth-order valence-electron chi connectivity index (χ4n) is 1.44. The van der Waals surface area contributed by atoms with Gasteiger partial charge in [0.15, 0.2) is 9.84 Å². The Kier molecular flexibility index (Phi) is 4.06. The molecule has 0 aliphatic carbocycles. The predicted molar refractivity (Wildman–Crippen MR) is 54.8 cm³/mol. The summed E-state index contributed by atoms with van der Waals surface area (Å²) in [6.45, 7) is 0.414. The molecule has 15 heavy (non-hydrogen) atoms. The van der Waals surface area contributed by atoms with Gasteiger partial charge in [-0.1, -0.05) is 0 Å². The van der Waals surface area contributed by atoms with E-state index in [9.17, 15) is 13.2 Å². The van der Waals surface area contributed by atoms with Crippen molar-refractivity contribution >= 4 is 15.7 Å². The van der Waals surface area contributed by atoms with E-state index in [1.165, 1.54) is 14.2 Å². The van der Waals surface area contributed by atoms with Gasteiger partial charge in [0.1, 0.15) is 0 Å². The Balaban J connectivity index is 2.49. The summed E-state index contributed by atoms with van der Waals surface area (Å²) < 4.78 is 22.6. The maximum Gasteiger partial charge on any atom is 0.247 e. The van der Waals surface area contributed by atoms with E-state index in [1.54, 1.807) is 0 Å². The molecule has 1 N–H and O–H groups in total. The standard InChI is InChI=1S/C8H16N2O4S/c1-10(14-2)8(11)5-7-6-15(12,13)4-3-9-7/h7,9H,3-6H2,1-2H3. The van der Waals surface area contributed by atoms with E-state index in [0.717, 1.165) is 5.06 Å². The first kappa shape index (κ1) is 12.4. The lowest BCUT2D eigenvalue weighted by atomic mass is 10.2. The molecular weight excluding hydrogens is 220 g/mol. The fourth-order valence-corrected chi connectivity index (χ4v) is 2.88. The summed E-state index contributed by atoms with van der Waals surface area (Å²) in [7, 11) is -0.0926. The summed E-state index contributed by atoms with van der Waals surface area (Å²) in [5.74, 6) is -0.0548. The average Bonchev–Trinajstić information content (AvgIpc) is 2.14. The zero-order chi connectivity index (χ0) is 11.5. The molecule has 1 heterocycles. The lowest BCUT2D eigenvalue weighted by Crippen LogP contribution is -2.47. The van der Waals surface area contributed by atoms with Crippen LogP contribution in [-0.2, 0) is 19.5 Å². The third-order valence-electron chi connectivity index (χ3n) is 2.35. The van der Waals surface area contributed by atoms with Gasteiger partial charge in [0.2, 0.25) is 5.91 Å². The van der Waals surface area contributed by atoms with Gasteiger partial charge in [-0.2, -0.15) is 0 Å². The second kappa shape index (κ2) is 4.91. The molecule has 1 saturated heterocycles. The van der Waals surface area contributed by atoms with Crippen molar-refractivity contribution in [1.29, 1.82) is 0 Å². The van der Waals surface area contributed by atoms with Crippen molar-refractivity contribution in [1.82, 2.24) is 10.4 Å². The molecule has 0 saturated carbocycles. The number of nitrogens with zero attached hydrogens (tertiary/aromatic N) is 1. The van der Waals surface area contributed by atoms with Crippen LogP contribution in [0.15, 0.2) is 0 Å². The molecule has 0 aromatic carbocycles. The van der Waals surface area contributed by atoms with E-state index >= 15 is 0 Å². The number of carbonyl (C=O) groups excluding carboxylic acids is 1. The molecule has 1 aliphatic rings. The molecule has 0 spiro atoms. The van der Waals surface area contributed by atoms with Crippen molar-refractivity contribution in [2.24, 2.45) is 0 Å². The van der Waals surface area contributed by atoms with Gasteiger partial charge >= 0.3 is 0 Å². The van der Waals surface area contributed by atoms with Gasteiger partial charge in [0.05, 0.1) is 18.6 Å². The first-order valence-corrected chi connectivity index (χ1v) is 6.51. The van der Waals surface area contributed by atoms with Crippen LogP contribution in [0.25, 0.3) is 0 Å². The number of hydrogen-bond donors (Lipinski definition) is 1. The highest BCUT2D eigenvalue weighted by Gasteiger charge is 2.26. The van der Waals surface area contributed by atoms with E-state index in [1.807, 2.05) is 0 Å². The number of hydroxylamine groups is 2. The summed E-state index contributed by atoms with van der Waals surface area (Å²) in [6, 6.07) is -0.297. The third kappa shape index (κ3) is 3.77. The number of carbonyl (C=O) groups is 1. The molecule has 88 valence electrons. The van der Waals surface area contributed by atoms with Crippen LogP contribution in [0, 0.1) is 0 Å². The highest BCUT2D eigenvalue weighted by molar-refractivity contribution is 7.91. The minimum Gasteiger partial charge on any atom is -0.311 e. The molecule has 1 amide bonds. The largest absolute Gasteiger partial charge is 0.311 e. The Hall–Kier alpha value is -0.660. The number of sulfone groups is 1. The molecule has 1 rings (SSSR count). The van der Waals surface area contributed by atoms with E-state index in [4.69, 9.17) is 4.84 Å². The highest BCUT2D eigenvalue weighted by Crippen LogP contribution is 2.06. The smallest absolute Gasteiger partial charge is 0.247 e.